The van der Waals surface area contributed by atoms with E-state index in [1.807, 2.05) is 31.2 Å². The average molecular weight is 274 g/mol. The summed E-state index contributed by atoms with van der Waals surface area (Å²) in [7, 11) is 0. The van der Waals surface area contributed by atoms with Crippen LogP contribution in [-0.4, -0.2) is 22.5 Å². The van der Waals surface area contributed by atoms with Crippen molar-refractivity contribution in [2.24, 2.45) is 0 Å². The molecule has 5 heteroatoms. The number of thiazole rings is 1. The molecule has 19 heavy (non-hydrogen) atoms. The fourth-order valence-electron chi connectivity index (χ4n) is 1.47. The summed E-state index contributed by atoms with van der Waals surface area (Å²) in [5.41, 5.74) is 1.44. The number of allylic oxidation sites excluding steroid dienone is 1. The first-order valence-electron chi connectivity index (χ1n) is 5.89. The number of pyridine rings is 1. The van der Waals surface area contributed by atoms with Crippen LogP contribution in [0.5, 0.6) is 0 Å². The summed E-state index contributed by atoms with van der Waals surface area (Å²) in [6.45, 7) is 3.96. The normalized spacial score (nSPS) is 10.8. The minimum Gasteiger partial charge on any atom is -0.457 e. The zero-order valence-corrected chi connectivity index (χ0v) is 11.6. The number of nitrogens with zero attached hydrogens (tertiary/aromatic N) is 2. The van der Waals surface area contributed by atoms with Gasteiger partial charge in [0.15, 0.2) is 0 Å². The molecule has 4 nitrogen and oxygen atoms in total. The molecule has 2 aromatic rings. The van der Waals surface area contributed by atoms with Crippen molar-refractivity contribution in [3.05, 3.63) is 47.1 Å². The molecule has 0 bridgehead atoms. The van der Waals surface area contributed by atoms with Crippen LogP contribution < -0.4 is 0 Å². The lowest BCUT2D eigenvalue weighted by molar-refractivity contribution is 0.0554. The number of aryl methyl sites for hydroxylation is 1. The van der Waals surface area contributed by atoms with Crippen molar-refractivity contribution < 1.29 is 9.53 Å². The molecule has 0 saturated carbocycles. The van der Waals surface area contributed by atoms with Gasteiger partial charge in [-0.05, 0) is 26.0 Å². The summed E-state index contributed by atoms with van der Waals surface area (Å²) in [4.78, 5) is 21.0. The highest BCUT2D eigenvalue weighted by Crippen LogP contribution is 2.26. The van der Waals surface area contributed by atoms with E-state index in [1.54, 1.807) is 19.2 Å². The molecule has 0 saturated heterocycles. The van der Waals surface area contributed by atoms with Crippen LogP contribution in [0.25, 0.3) is 10.7 Å². The van der Waals surface area contributed by atoms with Gasteiger partial charge in [0.05, 0.1) is 11.4 Å². The highest BCUT2D eigenvalue weighted by Gasteiger charge is 2.17. The van der Waals surface area contributed by atoms with Gasteiger partial charge in [0.1, 0.15) is 16.5 Å². The van der Waals surface area contributed by atoms with Crippen LogP contribution in [-0.2, 0) is 4.74 Å². The van der Waals surface area contributed by atoms with Crippen molar-refractivity contribution in [1.29, 1.82) is 0 Å². The summed E-state index contributed by atoms with van der Waals surface area (Å²) >= 11 is 1.31. The van der Waals surface area contributed by atoms with E-state index in [4.69, 9.17) is 4.74 Å². The third-order valence-electron chi connectivity index (χ3n) is 2.41. The molecule has 0 aliphatic rings. The van der Waals surface area contributed by atoms with Crippen molar-refractivity contribution in [1.82, 2.24) is 9.97 Å². The fourth-order valence-corrected chi connectivity index (χ4v) is 2.41. The number of rotatable bonds is 4. The lowest BCUT2D eigenvalue weighted by Gasteiger charge is -1.98. The van der Waals surface area contributed by atoms with Gasteiger partial charge in [-0.15, -0.1) is 11.3 Å². The molecule has 98 valence electrons. The SMILES string of the molecule is C/C=C/COC(=O)c1sc(-c2ccccn2)nc1C. The van der Waals surface area contributed by atoms with Crippen LogP contribution >= 0.6 is 11.3 Å². The van der Waals surface area contributed by atoms with Crippen molar-refractivity contribution in [2.75, 3.05) is 6.61 Å². The maximum absolute atomic E-state index is 11.9. The lowest BCUT2D eigenvalue weighted by atomic mass is 10.3. The Kier molecular flexibility index (Phi) is 4.41. The third-order valence-corrected chi connectivity index (χ3v) is 3.57. The lowest BCUT2D eigenvalue weighted by Crippen LogP contribution is -2.04. The van der Waals surface area contributed by atoms with E-state index >= 15 is 0 Å². The molecule has 0 radical (unpaired) electrons. The van der Waals surface area contributed by atoms with Crippen molar-refractivity contribution in [2.45, 2.75) is 13.8 Å². The van der Waals surface area contributed by atoms with Crippen molar-refractivity contribution >= 4 is 17.3 Å². The largest absolute Gasteiger partial charge is 0.457 e. The molecule has 0 atom stereocenters. The minimum absolute atomic E-state index is 0.283. The Morgan fingerprint density at radius 1 is 1.47 bits per heavy atom. The Balaban J connectivity index is 2.19. The van der Waals surface area contributed by atoms with E-state index in [0.717, 1.165) is 10.7 Å². The van der Waals surface area contributed by atoms with E-state index in [2.05, 4.69) is 9.97 Å². The summed E-state index contributed by atoms with van der Waals surface area (Å²) in [5, 5.41) is 0.732. The van der Waals surface area contributed by atoms with Gasteiger partial charge in [-0.2, -0.15) is 0 Å². The zero-order chi connectivity index (χ0) is 13.7. The molecule has 0 fully saturated rings. The first kappa shape index (κ1) is 13.4. The number of carbonyl (C=O) groups excluding carboxylic acids is 1. The van der Waals surface area contributed by atoms with Crippen molar-refractivity contribution in [3.8, 4) is 10.7 Å². The van der Waals surface area contributed by atoms with Crippen LogP contribution in [0.4, 0.5) is 0 Å². The molecule has 2 heterocycles. The molecular formula is C14H14N2O2S. The summed E-state index contributed by atoms with van der Waals surface area (Å²) in [6.07, 6.45) is 5.33. The number of carbonyl (C=O) groups is 1. The van der Waals surface area contributed by atoms with E-state index < -0.39 is 0 Å². The molecule has 0 N–H and O–H groups in total. The van der Waals surface area contributed by atoms with Gasteiger partial charge in [-0.25, -0.2) is 9.78 Å². The van der Waals surface area contributed by atoms with Crippen LogP contribution in [0.3, 0.4) is 0 Å². The Morgan fingerprint density at radius 3 is 3.00 bits per heavy atom. The fraction of sp³-hybridized carbons (Fsp3) is 0.214. The number of hydrogen-bond donors (Lipinski definition) is 0. The Labute approximate surface area is 115 Å². The first-order valence-corrected chi connectivity index (χ1v) is 6.71. The van der Waals surface area contributed by atoms with Gasteiger partial charge < -0.3 is 4.74 Å². The third kappa shape index (κ3) is 3.26. The van der Waals surface area contributed by atoms with Gasteiger partial charge in [-0.3, -0.25) is 4.98 Å². The van der Waals surface area contributed by atoms with Crippen LogP contribution in [0.1, 0.15) is 22.3 Å². The maximum atomic E-state index is 11.9. The Hall–Kier alpha value is -2.01. The molecule has 0 aliphatic heterocycles. The number of ether oxygens (including phenoxy) is 1. The van der Waals surface area contributed by atoms with Crippen molar-refractivity contribution in [3.63, 3.8) is 0 Å². The van der Waals surface area contributed by atoms with Gasteiger partial charge in [0.2, 0.25) is 0 Å². The molecular weight excluding hydrogens is 260 g/mol. The molecule has 2 rings (SSSR count). The van der Waals surface area contributed by atoms with Crippen LogP contribution in [0, 0.1) is 6.92 Å². The maximum Gasteiger partial charge on any atom is 0.350 e. The molecule has 0 amide bonds. The van der Waals surface area contributed by atoms with E-state index in [0.29, 0.717) is 10.6 Å². The highest BCUT2D eigenvalue weighted by molar-refractivity contribution is 7.17. The number of aromatic nitrogens is 2. The van der Waals surface area contributed by atoms with Gasteiger partial charge in [0, 0.05) is 6.20 Å². The second-order valence-corrected chi connectivity index (χ2v) is 4.82. The summed E-state index contributed by atoms with van der Waals surface area (Å²) in [6, 6.07) is 5.60. The molecule has 2 aromatic heterocycles. The Morgan fingerprint density at radius 2 is 2.32 bits per heavy atom. The van der Waals surface area contributed by atoms with Crippen LogP contribution in [0.2, 0.25) is 0 Å². The van der Waals surface area contributed by atoms with Crippen LogP contribution in [0.15, 0.2) is 36.5 Å². The second-order valence-electron chi connectivity index (χ2n) is 3.82. The number of hydrogen-bond acceptors (Lipinski definition) is 5. The van der Waals surface area contributed by atoms with E-state index in [-0.39, 0.29) is 12.6 Å². The predicted octanol–water partition coefficient (Wildman–Crippen LogP) is 3.25. The summed E-state index contributed by atoms with van der Waals surface area (Å²) < 4.78 is 5.12. The Bertz CT molecular complexity index is 591. The van der Waals surface area contributed by atoms with Gasteiger partial charge >= 0.3 is 5.97 Å². The predicted molar refractivity (Wildman–Crippen MR) is 75.2 cm³/mol. The molecule has 0 spiro atoms. The topological polar surface area (TPSA) is 52.1 Å². The smallest absolute Gasteiger partial charge is 0.350 e. The number of esters is 1. The molecule has 0 unspecified atom stereocenters. The monoisotopic (exact) mass is 274 g/mol. The molecule has 0 aliphatic carbocycles. The van der Waals surface area contributed by atoms with Gasteiger partial charge in [-0.1, -0.05) is 18.2 Å². The van der Waals surface area contributed by atoms with E-state index in [9.17, 15) is 4.79 Å². The first-order chi connectivity index (χ1) is 9.22. The quantitative estimate of drug-likeness (QED) is 0.634. The molecule has 0 aromatic carbocycles. The highest BCUT2D eigenvalue weighted by atomic mass is 32.1. The second kappa shape index (κ2) is 6.24. The minimum atomic E-state index is -0.338. The van der Waals surface area contributed by atoms with Gasteiger partial charge in [0.25, 0.3) is 0 Å². The average Bonchev–Trinajstić information content (AvgIpc) is 2.82. The standard InChI is InChI=1S/C14H14N2O2S/c1-3-4-9-18-14(17)12-10(2)16-13(19-12)11-7-5-6-8-15-11/h3-8H,9H2,1-2H3/b4-3+. The summed E-state index contributed by atoms with van der Waals surface area (Å²) in [5.74, 6) is -0.338. The zero-order valence-electron chi connectivity index (χ0n) is 10.8. The van der Waals surface area contributed by atoms with E-state index in [1.165, 1.54) is 11.3 Å².